The maximum absolute atomic E-state index is 11.8. The molecular weight excluding hydrogens is 338 g/mol. The Labute approximate surface area is 152 Å². The van der Waals surface area contributed by atoms with Crippen LogP contribution in [-0.2, 0) is 16.1 Å². The topological polar surface area (TPSA) is 104 Å². The molecule has 1 atom stereocenters. The molecule has 1 aromatic carbocycles. The SMILES string of the molecule is COc1ccc2c(c1)c(C(NCCCN(C)C)C(=O)O)cn2CC(=O)O. The standard InChI is InChI=1S/C18H25N3O5/c1-20(2)8-4-7-19-17(18(24)25)14-10-21(11-16(22)23)15-6-5-12(26-3)9-13(14)15/h5-6,9-10,17,19H,4,7-8,11H2,1-3H3,(H,22,23)(H,24,25). The molecule has 1 aromatic heterocycles. The second-order valence-corrected chi connectivity index (χ2v) is 6.37. The first-order valence-electron chi connectivity index (χ1n) is 8.33. The van der Waals surface area contributed by atoms with E-state index in [0.29, 0.717) is 28.8 Å². The Balaban J connectivity index is 2.39. The lowest BCUT2D eigenvalue weighted by Crippen LogP contribution is -2.30. The quantitative estimate of drug-likeness (QED) is 0.548. The van der Waals surface area contributed by atoms with Gasteiger partial charge in [-0.2, -0.15) is 0 Å². The number of aromatic nitrogens is 1. The van der Waals surface area contributed by atoms with Crippen LogP contribution in [0.5, 0.6) is 5.75 Å². The van der Waals surface area contributed by atoms with Crippen molar-refractivity contribution in [2.24, 2.45) is 0 Å². The van der Waals surface area contributed by atoms with Gasteiger partial charge in [-0.05, 0) is 51.8 Å². The molecule has 2 rings (SSSR count). The van der Waals surface area contributed by atoms with E-state index in [1.807, 2.05) is 19.0 Å². The highest BCUT2D eigenvalue weighted by atomic mass is 16.5. The van der Waals surface area contributed by atoms with Gasteiger partial charge in [-0.25, -0.2) is 0 Å². The van der Waals surface area contributed by atoms with Crippen molar-refractivity contribution in [3.63, 3.8) is 0 Å². The second-order valence-electron chi connectivity index (χ2n) is 6.37. The first kappa shape index (κ1) is 19.7. The third kappa shape index (κ3) is 4.74. The lowest BCUT2D eigenvalue weighted by Gasteiger charge is -2.15. The Hall–Kier alpha value is -2.58. The van der Waals surface area contributed by atoms with Crippen LogP contribution in [0.15, 0.2) is 24.4 Å². The number of hydrogen-bond acceptors (Lipinski definition) is 5. The molecule has 0 bridgehead atoms. The number of aliphatic carboxylic acids is 2. The fourth-order valence-corrected chi connectivity index (χ4v) is 2.91. The van der Waals surface area contributed by atoms with E-state index in [-0.39, 0.29) is 6.54 Å². The summed E-state index contributed by atoms with van der Waals surface area (Å²) >= 11 is 0. The third-order valence-corrected chi connectivity index (χ3v) is 4.11. The molecule has 8 heteroatoms. The van der Waals surface area contributed by atoms with Gasteiger partial charge in [0, 0.05) is 22.7 Å². The zero-order valence-electron chi connectivity index (χ0n) is 15.2. The molecule has 1 unspecified atom stereocenters. The van der Waals surface area contributed by atoms with Crippen LogP contribution in [0, 0.1) is 0 Å². The van der Waals surface area contributed by atoms with Crippen molar-refractivity contribution in [2.75, 3.05) is 34.3 Å². The van der Waals surface area contributed by atoms with Crippen molar-refractivity contribution >= 4 is 22.8 Å². The van der Waals surface area contributed by atoms with Crippen molar-refractivity contribution in [2.45, 2.75) is 19.0 Å². The second kappa shape index (κ2) is 8.68. The van der Waals surface area contributed by atoms with Crippen molar-refractivity contribution in [3.8, 4) is 5.75 Å². The number of benzene rings is 1. The summed E-state index contributed by atoms with van der Waals surface area (Å²) in [7, 11) is 5.45. The van der Waals surface area contributed by atoms with Crippen molar-refractivity contribution in [1.82, 2.24) is 14.8 Å². The normalized spacial score (nSPS) is 12.5. The Bertz CT molecular complexity index is 784. The number of methoxy groups -OCH3 is 1. The fourth-order valence-electron chi connectivity index (χ4n) is 2.91. The van der Waals surface area contributed by atoms with Gasteiger partial charge in [-0.1, -0.05) is 0 Å². The molecule has 3 N–H and O–H groups in total. The lowest BCUT2D eigenvalue weighted by atomic mass is 10.1. The Morgan fingerprint density at radius 3 is 2.62 bits per heavy atom. The van der Waals surface area contributed by atoms with Crippen LogP contribution >= 0.6 is 0 Å². The van der Waals surface area contributed by atoms with E-state index in [1.165, 1.54) is 7.11 Å². The molecule has 0 aliphatic heterocycles. The number of hydrogen-bond donors (Lipinski definition) is 3. The van der Waals surface area contributed by atoms with Crippen LogP contribution < -0.4 is 10.1 Å². The molecule has 0 spiro atoms. The zero-order valence-corrected chi connectivity index (χ0v) is 15.2. The summed E-state index contributed by atoms with van der Waals surface area (Å²) in [6, 6.07) is 4.28. The molecule has 0 saturated heterocycles. The Morgan fingerprint density at radius 1 is 1.31 bits per heavy atom. The molecule has 8 nitrogen and oxygen atoms in total. The van der Waals surface area contributed by atoms with Crippen LogP contribution in [0.2, 0.25) is 0 Å². The predicted octanol–water partition coefficient (Wildman–Crippen LogP) is 1.40. The summed E-state index contributed by atoms with van der Waals surface area (Å²) in [5, 5.41) is 22.5. The van der Waals surface area contributed by atoms with E-state index in [9.17, 15) is 14.7 Å². The van der Waals surface area contributed by atoms with Gasteiger partial charge in [-0.3, -0.25) is 9.59 Å². The molecule has 0 saturated carbocycles. The third-order valence-electron chi connectivity index (χ3n) is 4.11. The molecular formula is C18H25N3O5. The maximum Gasteiger partial charge on any atom is 0.325 e. The van der Waals surface area contributed by atoms with E-state index in [1.54, 1.807) is 29.0 Å². The zero-order chi connectivity index (χ0) is 19.3. The highest BCUT2D eigenvalue weighted by molar-refractivity contribution is 5.91. The minimum absolute atomic E-state index is 0.240. The number of nitrogens with one attached hydrogen (secondary N) is 1. The summed E-state index contributed by atoms with van der Waals surface area (Å²) in [6.45, 7) is 1.13. The van der Waals surface area contributed by atoms with Gasteiger partial charge in [0.1, 0.15) is 18.3 Å². The average Bonchev–Trinajstić information content (AvgIpc) is 2.91. The van der Waals surface area contributed by atoms with E-state index >= 15 is 0 Å². The van der Waals surface area contributed by atoms with E-state index in [4.69, 9.17) is 9.84 Å². The number of carboxylic acids is 2. The summed E-state index contributed by atoms with van der Waals surface area (Å²) in [4.78, 5) is 25.0. The van der Waals surface area contributed by atoms with Crippen LogP contribution in [0.4, 0.5) is 0 Å². The van der Waals surface area contributed by atoms with Crippen molar-refractivity contribution in [1.29, 1.82) is 0 Å². The summed E-state index contributed by atoms with van der Waals surface area (Å²) in [6.07, 6.45) is 2.39. The van der Waals surface area contributed by atoms with Gasteiger partial charge in [0.15, 0.2) is 0 Å². The first-order valence-corrected chi connectivity index (χ1v) is 8.33. The summed E-state index contributed by atoms with van der Waals surface area (Å²) < 4.78 is 6.78. The van der Waals surface area contributed by atoms with Gasteiger partial charge in [0.05, 0.1) is 7.11 Å². The largest absolute Gasteiger partial charge is 0.497 e. The van der Waals surface area contributed by atoms with Gasteiger partial charge >= 0.3 is 11.9 Å². The van der Waals surface area contributed by atoms with Gasteiger partial charge in [0.25, 0.3) is 0 Å². The van der Waals surface area contributed by atoms with Crippen molar-refractivity contribution in [3.05, 3.63) is 30.0 Å². The number of fused-ring (bicyclic) bond motifs is 1. The lowest BCUT2D eigenvalue weighted by molar-refractivity contribution is -0.139. The smallest absolute Gasteiger partial charge is 0.325 e. The average molecular weight is 363 g/mol. The number of carboxylic acid groups (broad SMARTS) is 2. The molecule has 142 valence electrons. The van der Waals surface area contributed by atoms with E-state index in [0.717, 1.165) is 13.0 Å². The van der Waals surface area contributed by atoms with E-state index in [2.05, 4.69) is 5.32 Å². The molecule has 1 heterocycles. The molecule has 2 aromatic rings. The van der Waals surface area contributed by atoms with Crippen LogP contribution in [0.25, 0.3) is 10.9 Å². The van der Waals surface area contributed by atoms with E-state index < -0.39 is 18.0 Å². The summed E-state index contributed by atoms with van der Waals surface area (Å²) in [5.74, 6) is -1.41. The van der Waals surface area contributed by atoms with Gasteiger partial charge < -0.3 is 29.7 Å². The minimum Gasteiger partial charge on any atom is -0.497 e. The number of nitrogens with zero attached hydrogens (tertiary/aromatic N) is 2. The van der Waals surface area contributed by atoms with Crippen molar-refractivity contribution < 1.29 is 24.5 Å². The van der Waals surface area contributed by atoms with Crippen LogP contribution in [0.3, 0.4) is 0 Å². The predicted molar refractivity (Wildman–Crippen MR) is 97.7 cm³/mol. The number of ether oxygens (including phenoxy) is 1. The van der Waals surface area contributed by atoms with Gasteiger partial charge in [0.2, 0.25) is 0 Å². The molecule has 0 radical (unpaired) electrons. The highest BCUT2D eigenvalue weighted by Gasteiger charge is 2.24. The number of rotatable bonds is 10. The van der Waals surface area contributed by atoms with Gasteiger partial charge in [-0.15, -0.1) is 0 Å². The first-order chi connectivity index (χ1) is 12.3. The fraction of sp³-hybridized carbons (Fsp3) is 0.444. The Kier molecular flexibility index (Phi) is 6.59. The maximum atomic E-state index is 11.8. The highest BCUT2D eigenvalue weighted by Crippen LogP contribution is 2.30. The molecule has 0 aliphatic rings. The molecule has 0 fully saturated rings. The monoisotopic (exact) mass is 363 g/mol. The number of carbonyl (C=O) groups is 2. The molecule has 0 amide bonds. The van der Waals surface area contributed by atoms with Crippen LogP contribution in [0.1, 0.15) is 18.0 Å². The Morgan fingerprint density at radius 2 is 2.04 bits per heavy atom. The molecule has 26 heavy (non-hydrogen) atoms. The minimum atomic E-state index is -1.01. The van der Waals surface area contributed by atoms with Crippen LogP contribution in [-0.4, -0.2) is 65.9 Å². The molecule has 0 aliphatic carbocycles. The summed E-state index contributed by atoms with van der Waals surface area (Å²) in [5.41, 5.74) is 1.18.